The molecule has 0 aliphatic rings. The molecule has 0 saturated carbocycles. The summed E-state index contributed by atoms with van der Waals surface area (Å²) in [5.41, 5.74) is -0.0945. The van der Waals surface area contributed by atoms with Crippen LogP contribution in [0.1, 0.15) is 17.3 Å². The summed E-state index contributed by atoms with van der Waals surface area (Å²) in [6.45, 7) is 1.84. The van der Waals surface area contributed by atoms with Gasteiger partial charge in [-0.25, -0.2) is 13.2 Å². The molecule has 0 amide bonds. The first-order valence-corrected chi connectivity index (χ1v) is 8.18. The lowest BCUT2D eigenvalue weighted by Gasteiger charge is -2.08. The zero-order valence-electron chi connectivity index (χ0n) is 11.7. The monoisotopic (exact) mass is 316 g/mol. The predicted octanol–water partition coefficient (Wildman–Crippen LogP) is 1.23. The van der Waals surface area contributed by atoms with Gasteiger partial charge in [-0.05, 0) is 19.1 Å². The Morgan fingerprint density at radius 3 is 2.62 bits per heavy atom. The highest BCUT2D eigenvalue weighted by Crippen LogP contribution is 2.25. The molecular formula is C12H16N2O6S. The Bertz CT molecular complexity index is 641. The highest BCUT2D eigenvalue weighted by Gasteiger charge is 2.18. The number of rotatable bonds is 7. The molecule has 0 radical (unpaired) electrons. The molecule has 0 aliphatic carbocycles. The molecule has 0 spiro atoms. The van der Waals surface area contributed by atoms with E-state index in [1.165, 1.54) is 12.1 Å². The number of esters is 1. The van der Waals surface area contributed by atoms with Crippen LogP contribution in [0.15, 0.2) is 18.2 Å². The van der Waals surface area contributed by atoms with E-state index in [1.54, 1.807) is 6.92 Å². The zero-order chi connectivity index (χ0) is 16.0. The molecular weight excluding hydrogens is 300 g/mol. The van der Waals surface area contributed by atoms with Crippen LogP contribution in [0.5, 0.6) is 0 Å². The second kappa shape index (κ2) is 7.02. The van der Waals surface area contributed by atoms with Gasteiger partial charge in [0.15, 0.2) is 0 Å². The lowest BCUT2D eigenvalue weighted by Crippen LogP contribution is -2.15. The van der Waals surface area contributed by atoms with Gasteiger partial charge in [0.05, 0.1) is 22.8 Å². The fraction of sp³-hybridized carbons (Fsp3) is 0.417. The number of sulfone groups is 1. The number of nitrogens with zero attached hydrogens (tertiary/aromatic N) is 1. The van der Waals surface area contributed by atoms with E-state index < -0.39 is 20.7 Å². The first-order valence-electron chi connectivity index (χ1n) is 6.11. The Morgan fingerprint density at radius 2 is 2.10 bits per heavy atom. The average molecular weight is 316 g/mol. The minimum atomic E-state index is -3.16. The molecule has 0 fully saturated rings. The summed E-state index contributed by atoms with van der Waals surface area (Å²) >= 11 is 0. The van der Waals surface area contributed by atoms with Gasteiger partial charge in [-0.3, -0.25) is 10.1 Å². The van der Waals surface area contributed by atoms with E-state index in [4.69, 9.17) is 4.74 Å². The molecule has 9 heteroatoms. The number of ether oxygens (including phenoxy) is 1. The van der Waals surface area contributed by atoms with E-state index in [0.717, 1.165) is 12.3 Å². The maximum Gasteiger partial charge on any atom is 0.338 e. The number of hydrogen-bond acceptors (Lipinski definition) is 7. The molecule has 0 unspecified atom stereocenters. The van der Waals surface area contributed by atoms with E-state index in [2.05, 4.69) is 5.32 Å². The molecule has 0 aromatic heterocycles. The Labute approximate surface area is 122 Å². The summed E-state index contributed by atoms with van der Waals surface area (Å²) in [6, 6.07) is 3.83. The summed E-state index contributed by atoms with van der Waals surface area (Å²) < 4.78 is 26.8. The zero-order valence-corrected chi connectivity index (χ0v) is 12.5. The predicted molar refractivity (Wildman–Crippen MR) is 77.3 cm³/mol. The average Bonchev–Trinajstić information content (AvgIpc) is 2.37. The Hall–Kier alpha value is -2.16. The summed E-state index contributed by atoms with van der Waals surface area (Å²) in [5.74, 6) is -0.799. The van der Waals surface area contributed by atoms with Crippen molar-refractivity contribution in [1.82, 2.24) is 0 Å². The third kappa shape index (κ3) is 5.38. The molecule has 21 heavy (non-hydrogen) atoms. The topological polar surface area (TPSA) is 116 Å². The number of nitro benzene ring substituents is 1. The number of carbonyl (C=O) groups is 1. The molecule has 1 aromatic carbocycles. The largest absolute Gasteiger partial charge is 0.462 e. The first-order chi connectivity index (χ1) is 9.74. The van der Waals surface area contributed by atoms with Crippen molar-refractivity contribution in [3.8, 4) is 0 Å². The molecule has 0 aliphatic heterocycles. The highest BCUT2D eigenvalue weighted by atomic mass is 32.2. The summed E-state index contributed by atoms with van der Waals surface area (Å²) in [5, 5.41) is 13.7. The van der Waals surface area contributed by atoms with Gasteiger partial charge in [-0.15, -0.1) is 0 Å². The summed E-state index contributed by atoms with van der Waals surface area (Å²) in [4.78, 5) is 21.9. The quantitative estimate of drug-likeness (QED) is 0.457. The number of benzene rings is 1. The van der Waals surface area contributed by atoms with Crippen molar-refractivity contribution in [3.05, 3.63) is 33.9 Å². The van der Waals surface area contributed by atoms with Gasteiger partial charge < -0.3 is 10.1 Å². The standard InChI is InChI=1S/C12H16N2O6S/c1-3-20-12(15)9-4-5-10(11(8-9)14(16)17)13-6-7-21(2,18)19/h4-5,8,13H,3,6-7H2,1-2H3. The Morgan fingerprint density at radius 1 is 1.43 bits per heavy atom. The van der Waals surface area contributed by atoms with Crippen molar-refractivity contribution < 1.29 is 22.9 Å². The Balaban J connectivity index is 2.94. The van der Waals surface area contributed by atoms with Crippen molar-refractivity contribution in [2.45, 2.75) is 6.92 Å². The maximum atomic E-state index is 11.5. The van der Waals surface area contributed by atoms with Crippen molar-refractivity contribution in [2.24, 2.45) is 0 Å². The van der Waals surface area contributed by atoms with Crippen LogP contribution >= 0.6 is 0 Å². The van der Waals surface area contributed by atoms with Crippen LogP contribution in [0.4, 0.5) is 11.4 Å². The van der Waals surface area contributed by atoms with Gasteiger partial charge in [-0.2, -0.15) is 0 Å². The van der Waals surface area contributed by atoms with E-state index in [0.29, 0.717) is 0 Å². The Kier molecular flexibility index (Phi) is 5.65. The smallest absolute Gasteiger partial charge is 0.338 e. The lowest BCUT2D eigenvalue weighted by molar-refractivity contribution is -0.384. The normalized spacial score (nSPS) is 11.0. The second-order valence-corrected chi connectivity index (χ2v) is 6.53. The van der Waals surface area contributed by atoms with Crippen LogP contribution < -0.4 is 5.32 Å². The minimum absolute atomic E-state index is 0.0401. The van der Waals surface area contributed by atoms with E-state index in [9.17, 15) is 23.3 Å². The summed E-state index contributed by atoms with van der Waals surface area (Å²) in [6.07, 6.45) is 1.08. The lowest BCUT2D eigenvalue weighted by atomic mass is 10.1. The molecule has 0 heterocycles. The van der Waals surface area contributed by atoms with Crippen molar-refractivity contribution in [3.63, 3.8) is 0 Å². The number of carbonyl (C=O) groups excluding carboxylic acids is 1. The fourth-order valence-corrected chi connectivity index (χ4v) is 2.02. The molecule has 1 rings (SSSR count). The SMILES string of the molecule is CCOC(=O)c1ccc(NCCS(C)(=O)=O)c([N+](=O)[O-])c1. The molecule has 1 N–H and O–H groups in total. The second-order valence-electron chi connectivity index (χ2n) is 4.27. The van der Waals surface area contributed by atoms with Crippen LogP contribution in [0.2, 0.25) is 0 Å². The molecule has 0 bridgehead atoms. The summed E-state index contributed by atoms with van der Waals surface area (Å²) in [7, 11) is -3.16. The van der Waals surface area contributed by atoms with Gasteiger partial charge >= 0.3 is 5.97 Å². The van der Waals surface area contributed by atoms with Crippen LogP contribution in [0.25, 0.3) is 0 Å². The van der Waals surface area contributed by atoms with Crippen molar-refractivity contribution >= 4 is 27.2 Å². The van der Waals surface area contributed by atoms with E-state index >= 15 is 0 Å². The molecule has 8 nitrogen and oxygen atoms in total. The number of hydrogen-bond donors (Lipinski definition) is 1. The fourth-order valence-electron chi connectivity index (χ4n) is 1.54. The van der Waals surface area contributed by atoms with Gasteiger partial charge in [0.1, 0.15) is 15.5 Å². The molecule has 0 atom stereocenters. The van der Waals surface area contributed by atoms with Gasteiger partial charge in [0, 0.05) is 18.9 Å². The molecule has 116 valence electrons. The molecule has 1 aromatic rings. The third-order valence-corrected chi connectivity index (χ3v) is 3.44. The van der Waals surface area contributed by atoms with Crippen LogP contribution in [-0.4, -0.2) is 44.5 Å². The van der Waals surface area contributed by atoms with Crippen molar-refractivity contribution in [1.29, 1.82) is 0 Å². The van der Waals surface area contributed by atoms with Gasteiger partial charge in [0.25, 0.3) is 5.69 Å². The highest BCUT2D eigenvalue weighted by molar-refractivity contribution is 7.90. The van der Waals surface area contributed by atoms with Crippen LogP contribution in [0, 0.1) is 10.1 Å². The first kappa shape index (κ1) is 16.9. The van der Waals surface area contributed by atoms with Crippen LogP contribution in [-0.2, 0) is 14.6 Å². The van der Waals surface area contributed by atoms with Gasteiger partial charge in [-0.1, -0.05) is 0 Å². The van der Waals surface area contributed by atoms with E-state index in [-0.39, 0.29) is 35.8 Å². The minimum Gasteiger partial charge on any atom is -0.462 e. The maximum absolute atomic E-state index is 11.5. The number of nitrogens with one attached hydrogen (secondary N) is 1. The third-order valence-electron chi connectivity index (χ3n) is 2.49. The van der Waals surface area contributed by atoms with Crippen molar-refractivity contribution in [2.75, 3.05) is 30.5 Å². The number of nitro groups is 1. The number of anilines is 1. The molecule has 0 saturated heterocycles. The van der Waals surface area contributed by atoms with Crippen LogP contribution in [0.3, 0.4) is 0 Å². The van der Waals surface area contributed by atoms with E-state index in [1.807, 2.05) is 0 Å². The van der Waals surface area contributed by atoms with Gasteiger partial charge in [0.2, 0.25) is 0 Å².